The lowest BCUT2D eigenvalue weighted by molar-refractivity contribution is -0.113. The topological polar surface area (TPSA) is 85.8 Å². The zero-order valence-electron chi connectivity index (χ0n) is 13.7. The molecule has 0 spiro atoms. The second-order valence-electron chi connectivity index (χ2n) is 5.50. The summed E-state index contributed by atoms with van der Waals surface area (Å²) in [6.45, 7) is 1.99. The molecule has 2 aromatic carbocycles. The number of nitrogens with two attached hydrogens (primary N) is 1. The molecule has 0 atom stereocenters. The highest BCUT2D eigenvalue weighted by molar-refractivity contribution is 7.99. The maximum absolute atomic E-state index is 13.0. The van der Waals surface area contributed by atoms with Crippen molar-refractivity contribution in [1.29, 1.82) is 0 Å². The van der Waals surface area contributed by atoms with Gasteiger partial charge in [0, 0.05) is 5.56 Å². The van der Waals surface area contributed by atoms with E-state index in [2.05, 4.69) is 15.5 Å². The van der Waals surface area contributed by atoms with Crippen LogP contribution in [0.15, 0.2) is 47.6 Å². The van der Waals surface area contributed by atoms with Crippen LogP contribution in [0, 0.1) is 12.7 Å². The number of carbonyl (C=O) groups is 1. The molecule has 9 heteroatoms. The molecule has 0 aliphatic carbocycles. The molecule has 0 radical (unpaired) electrons. The van der Waals surface area contributed by atoms with Crippen LogP contribution < -0.4 is 11.2 Å². The van der Waals surface area contributed by atoms with Crippen LogP contribution in [0.1, 0.15) is 5.56 Å². The highest BCUT2D eigenvalue weighted by Gasteiger charge is 2.14. The van der Waals surface area contributed by atoms with Crippen molar-refractivity contribution in [1.82, 2.24) is 14.9 Å². The number of hydrogen-bond acceptors (Lipinski definition) is 5. The van der Waals surface area contributed by atoms with Crippen LogP contribution >= 0.6 is 23.4 Å². The lowest BCUT2D eigenvalue weighted by Crippen LogP contribution is -2.16. The predicted molar refractivity (Wildman–Crippen MR) is 101 cm³/mol. The van der Waals surface area contributed by atoms with E-state index in [4.69, 9.17) is 17.4 Å². The van der Waals surface area contributed by atoms with Crippen LogP contribution in [0.4, 0.5) is 10.1 Å². The number of hydrogen-bond donors (Lipinski definition) is 2. The van der Waals surface area contributed by atoms with Crippen LogP contribution in [0.5, 0.6) is 0 Å². The van der Waals surface area contributed by atoms with Crippen molar-refractivity contribution in [2.24, 2.45) is 0 Å². The van der Waals surface area contributed by atoms with Crippen LogP contribution in [-0.4, -0.2) is 26.5 Å². The number of anilines is 1. The fraction of sp³-hybridized carbons (Fsp3) is 0.118. The molecule has 26 heavy (non-hydrogen) atoms. The van der Waals surface area contributed by atoms with Gasteiger partial charge in [0.05, 0.1) is 16.5 Å². The Hall–Kier alpha value is -2.58. The Morgan fingerprint density at radius 2 is 2.00 bits per heavy atom. The Bertz CT molecular complexity index is 945. The van der Waals surface area contributed by atoms with Crippen LogP contribution in [0.3, 0.4) is 0 Å². The first-order chi connectivity index (χ1) is 12.4. The van der Waals surface area contributed by atoms with Gasteiger partial charge in [-0.2, -0.15) is 0 Å². The van der Waals surface area contributed by atoms with Gasteiger partial charge in [0.2, 0.25) is 11.1 Å². The summed E-state index contributed by atoms with van der Waals surface area (Å²) in [7, 11) is 0. The van der Waals surface area contributed by atoms with Gasteiger partial charge in [-0.25, -0.2) is 9.07 Å². The fourth-order valence-corrected chi connectivity index (χ4v) is 3.05. The number of benzene rings is 2. The summed E-state index contributed by atoms with van der Waals surface area (Å²) in [6, 6.07) is 11.5. The summed E-state index contributed by atoms with van der Waals surface area (Å²) in [5.74, 6) is 5.80. The minimum atomic E-state index is -0.470. The number of nitrogens with one attached hydrogen (secondary N) is 1. The quantitative estimate of drug-likeness (QED) is 0.513. The van der Waals surface area contributed by atoms with Gasteiger partial charge >= 0.3 is 0 Å². The average molecular weight is 392 g/mol. The van der Waals surface area contributed by atoms with E-state index in [0.717, 1.165) is 29.0 Å². The van der Waals surface area contributed by atoms with Gasteiger partial charge in [0.25, 0.3) is 0 Å². The van der Waals surface area contributed by atoms with E-state index >= 15 is 0 Å². The largest absolute Gasteiger partial charge is 0.335 e. The third-order valence-corrected chi connectivity index (χ3v) is 4.77. The number of carbonyl (C=O) groups excluding carboxylic acids is 1. The lowest BCUT2D eigenvalue weighted by Gasteiger charge is -2.07. The van der Waals surface area contributed by atoms with Gasteiger partial charge in [-0.15, -0.1) is 10.2 Å². The highest BCUT2D eigenvalue weighted by atomic mass is 35.5. The van der Waals surface area contributed by atoms with E-state index in [1.54, 1.807) is 0 Å². The number of halogens is 2. The van der Waals surface area contributed by atoms with Crippen molar-refractivity contribution >= 4 is 35.0 Å². The number of nitrogen functional groups attached to an aromatic ring is 1. The number of rotatable bonds is 5. The Kier molecular flexibility index (Phi) is 5.43. The van der Waals surface area contributed by atoms with E-state index in [9.17, 15) is 9.18 Å². The van der Waals surface area contributed by atoms with Gasteiger partial charge < -0.3 is 11.2 Å². The zero-order chi connectivity index (χ0) is 18.7. The fourth-order valence-electron chi connectivity index (χ4n) is 2.18. The SMILES string of the molecule is Cc1ccc(-c2nnc(SCC(=O)Nc3ccc(F)cc3Cl)n2N)cc1. The van der Waals surface area contributed by atoms with Crippen molar-refractivity contribution in [2.75, 3.05) is 16.9 Å². The summed E-state index contributed by atoms with van der Waals surface area (Å²) in [5, 5.41) is 11.2. The van der Waals surface area contributed by atoms with E-state index in [0.29, 0.717) is 16.7 Å². The van der Waals surface area contributed by atoms with Gasteiger partial charge in [0.1, 0.15) is 5.82 Å². The highest BCUT2D eigenvalue weighted by Crippen LogP contribution is 2.24. The first-order valence-electron chi connectivity index (χ1n) is 7.59. The normalized spacial score (nSPS) is 10.7. The second-order valence-corrected chi connectivity index (χ2v) is 6.85. The predicted octanol–water partition coefficient (Wildman–Crippen LogP) is 3.49. The molecular weight excluding hydrogens is 377 g/mol. The van der Waals surface area contributed by atoms with Crippen molar-refractivity contribution in [3.05, 3.63) is 58.9 Å². The molecule has 0 aliphatic rings. The number of aromatic nitrogens is 3. The molecule has 0 unspecified atom stereocenters. The van der Waals surface area contributed by atoms with Gasteiger partial charge in [-0.05, 0) is 25.1 Å². The first-order valence-corrected chi connectivity index (χ1v) is 8.95. The van der Waals surface area contributed by atoms with E-state index in [-0.39, 0.29) is 16.7 Å². The third kappa shape index (κ3) is 4.14. The molecule has 1 amide bonds. The summed E-state index contributed by atoms with van der Waals surface area (Å²) in [5.41, 5.74) is 2.30. The molecule has 1 heterocycles. The second kappa shape index (κ2) is 7.76. The van der Waals surface area contributed by atoms with Crippen molar-refractivity contribution in [3.63, 3.8) is 0 Å². The molecular formula is C17H15ClFN5OS. The van der Waals surface area contributed by atoms with Crippen LogP contribution in [-0.2, 0) is 4.79 Å². The summed E-state index contributed by atoms with van der Waals surface area (Å²) < 4.78 is 14.4. The standard InChI is InChI=1S/C17H15ClFN5OS/c1-10-2-4-11(5-3-10)16-22-23-17(24(16)20)26-9-15(25)21-14-7-6-12(19)8-13(14)18/h2-8H,9,20H2,1H3,(H,21,25). The Balaban J connectivity index is 1.64. The number of amides is 1. The first kappa shape index (κ1) is 18.2. The Labute approximate surface area is 158 Å². The molecule has 3 aromatic rings. The van der Waals surface area contributed by atoms with Crippen molar-refractivity contribution < 1.29 is 9.18 Å². The third-order valence-electron chi connectivity index (χ3n) is 3.51. The maximum atomic E-state index is 13.0. The summed E-state index contributed by atoms with van der Waals surface area (Å²) >= 11 is 7.03. The number of thioether (sulfide) groups is 1. The monoisotopic (exact) mass is 391 g/mol. The molecule has 3 N–H and O–H groups in total. The average Bonchev–Trinajstić information content (AvgIpc) is 2.97. The minimum absolute atomic E-state index is 0.0525. The summed E-state index contributed by atoms with van der Waals surface area (Å²) in [4.78, 5) is 12.1. The zero-order valence-corrected chi connectivity index (χ0v) is 15.3. The van der Waals surface area contributed by atoms with E-state index in [1.165, 1.54) is 16.8 Å². The summed E-state index contributed by atoms with van der Waals surface area (Å²) in [6.07, 6.45) is 0. The smallest absolute Gasteiger partial charge is 0.234 e. The molecule has 0 fully saturated rings. The van der Waals surface area contributed by atoms with E-state index in [1.807, 2.05) is 31.2 Å². The molecule has 0 saturated carbocycles. The van der Waals surface area contributed by atoms with Gasteiger partial charge in [0.15, 0.2) is 5.82 Å². The molecule has 0 saturated heterocycles. The molecule has 1 aromatic heterocycles. The van der Waals surface area contributed by atoms with Crippen LogP contribution in [0.2, 0.25) is 5.02 Å². The maximum Gasteiger partial charge on any atom is 0.234 e. The Morgan fingerprint density at radius 3 is 2.69 bits per heavy atom. The Morgan fingerprint density at radius 1 is 1.27 bits per heavy atom. The minimum Gasteiger partial charge on any atom is -0.335 e. The van der Waals surface area contributed by atoms with E-state index < -0.39 is 5.82 Å². The van der Waals surface area contributed by atoms with Gasteiger partial charge in [-0.3, -0.25) is 4.79 Å². The van der Waals surface area contributed by atoms with Crippen molar-refractivity contribution in [2.45, 2.75) is 12.1 Å². The van der Waals surface area contributed by atoms with Gasteiger partial charge in [-0.1, -0.05) is 53.2 Å². The molecule has 6 nitrogen and oxygen atoms in total. The van der Waals surface area contributed by atoms with Crippen molar-refractivity contribution in [3.8, 4) is 11.4 Å². The van der Waals surface area contributed by atoms with Crippen LogP contribution in [0.25, 0.3) is 11.4 Å². The molecule has 0 bridgehead atoms. The molecule has 3 rings (SSSR count). The number of aryl methyl sites for hydroxylation is 1. The molecule has 134 valence electrons. The lowest BCUT2D eigenvalue weighted by atomic mass is 10.1. The number of nitrogens with zero attached hydrogens (tertiary/aromatic N) is 3. The molecule has 0 aliphatic heterocycles.